The second-order valence-electron chi connectivity index (χ2n) is 3.63. The summed E-state index contributed by atoms with van der Waals surface area (Å²) in [6.45, 7) is 1.23. The number of hydrogen-bond donors (Lipinski definition) is 1. The van der Waals surface area contributed by atoms with E-state index in [0.29, 0.717) is 25.5 Å². The zero-order valence-corrected chi connectivity index (χ0v) is 9.36. The Kier molecular flexibility index (Phi) is 4.84. The Morgan fingerprint density at radius 1 is 1.27 bits per heavy atom. The van der Waals surface area contributed by atoms with Crippen molar-refractivity contribution in [1.29, 1.82) is 5.41 Å². The van der Waals surface area contributed by atoms with Crippen LogP contribution in [0.2, 0.25) is 0 Å². The van der Waals surface area contributed by atoms with E-state index in [9.17, 15) is 0 Å². The Morgan fingerprint density at radius 3 is 2.53 bits per heavy atom. The van der Waals surface area contributed by atoms with Gasteiger partial charge < -0.3 is 9.64 Å². The number of nitrogens with one attached hydrogen (secondary N) is 1. The summed E-state index contributed by atoms with van der Waals surface area (Å²) in [6.07, 6.45) is 0.667. The molecule has 0 aliphatic rings. The van der Waals surface area contributed by atoms with Gasteiger partial charge in [0.15, 0.2) is 0 Å². The molecule has 15 heavy (non-hydrogen) atoms. The van der Waals surface area contributed by atoms with E-state index in [0.717, 1.165) is 0 Å². The van der Waals surface area contributed by atoms with Crippen LogP contribution in [-0.2, 0) is 11.3 Å². The molecule has 0 bridgehead atoms. The minimum atomic E-state index is 0.600. The van der Waals surface area contributed by atoms with Gasteiger partial charge >= 0.3 is 0 Å². The van der Waals surface area contributed by atoms with Crippen LogP contribution < -0.4 is 0 Å². The monoisotopic (exact) mass is 206 g/mol. The highest BCUT2D eigenvalue weighted by Crippen LogP contribution is 2.01. The Hall–Kier alpha value is -1.35. The van der Waals surface area contributed by atoms with Gasteiger partial charge in [-0.3, -0.25) is 5.41 Å². The first kappa shape index (κ1) is 11.7. The summed E-state index contributed by atoms with van der Waals surface area (Å²) < 4.78 is 5.47. The van der Waals surface area contributed by atoms with Crippen LogP contribution in [0.5, 0.6) is 0 Å². The highest BCUT2D eigenvalue weighted by molar-refractivity contribution is 5.78. The second kappa shape index (κ2) is 6.19. The highest BCUT2D eigenvalue weighted by Gasteiger charge is 1.98. The van der Waals surface area contributed by atoms with Crippen molar-refractivity contribution in [2.24, 2.45) is 0 Å². The van der Waals surface area contributed by atoms with Crippen LogP contribution in [0.25, 0.3) is 0 Å². The van der Waals surface area contributed by atoms with Gasteiger partial charge in [0.1, 0.15) is 0 Å². The number of rotatable bonds is 5. The minimum absolute atomic E-state index is 0.600. The van der Waals surface area contributed by atoms with Crippen molar-refractivity contribution in [1.82, 2.24) is 4.90 Å². The van der Waals surface area contributed by atoms with Gasteiger partial charge in [0.2, 0.25) is 0 Å². The van der Waals surface area contributed by atoms with Crippen molar-refractivity contribution in [3.8, 4) is 0 Å². The van der Waals surface area contributed by atoms with Crippen LogP contribution in [-0.4, -0.2) is 31.4 Å². The fourth-order valence-electron chi connectivity index (χ4n) is 1.16. The Balaban J connectivity index is 2.15. The smallest absolute Gasteiger partial charge is 0.0975 e. The maximum Gasteiger partial charge on any atom is 0.0975 e. The van der Waals surface area contributed by atoms with Gasteiger partial charge in [-0.15, -0.1) is 0 Å². The summed E-state index contributed by atoms with van der Waals surface area (Å²) in [6, 6.07) is 10.1. The predicted octanol–water partition coefficient (Wildman–Crippen LogP) is 2.13. The lowest BCUT2D eigenvalue weighted by molar-refractivity contribution is 0.126. The molecule has 0 radical (unpaired) electrons. The maximum absolute atomic E-state index is 7.57. The molecule has 0 saturated heterocycles. The molecule has 1 N–H and O–H groups in total. The average molecular weight is 206 g/mol. The second-order valence-corrected chi connectivity index (χ2v) is 3.63. The van der Waals surface area contributed by atoms with E-state index >= 15 is 0 Å². The molecule has 0 unspecified atom stereocenters. The molecule has 0 aliphatic heterocycles. The lowest BCUT2D eigenvalue weighted by atomic mass is 10.2. The van der Waals surface area contributed by atoms with Crippen molar-refractivity contribution >= 4 is 5.84 Å². The normalized spacial score (nSPS) is 10.0. The molecule has 0 spiro atoms. The molecule has 1 aromatic carbocycles. The maximum atomic E-state index is 7.57. The first-order valence-corrected chi connectivity index (χ1v) is 5.06. The number of nitrogens with zero attached hydrogens (tertiary/aromatic N) is 1. The molecule has 0 amide bonds. The van der Waals surface area contributed by atoms with Crippen molar-refractivity contribution in [2.45, 2.75) is 13.0 Å². The number of amidine groups is 1. The van der Waals surface area contributed by atoms with Crippen LogP contribution in [0, 0.1) is 5.41 Å². The average Bonchev–Trinajstić information content (AvgIpc) is 2.25. The Bertz CT molecular complexity index is 296. The molecule has 3 nitrogen and oxygen atoms in total. The van der Waals surface area contributed by atoms with Crippen LogP contribution in [0.1, 0.15) is 12.0 Å². The van der Waals surface area contributed by atoms with E-state index in [4.69, 9.17) is 10.1 Å². The minimum Gasteiger partial charge on any atom is -0.376 e. The third-order valence-corrected chi connectivity index (χ3v) is 2.13. The topological polar surface area (TPSA) is 36.3 Å². The van der Waals surface area contributed by atoms with Crippen LogP contribution >= 0.6 is 0 Å². The van der Waals surface area contributed by atoms with E-state index in [1.54, 1.807) is 4.90 Å². The summed E-state index contributed by atoms with van der Waals surface area (Å²) in [5.41, 5.74) is 1.17. The molecule has 0 atom stereocenters. The molecule has 3 heteroatoms. The summed E-state index contributed by atoms with van der Waals surface area (Å²) in [5.74, 6) is 0.600. The van der Waals surface area contributed by atoms with Gasteiger partial charge in [0.05, 0.1) is 19.0 Å². The molecule has 82 valence electrons. The molecule has 0 saturated carbocycles. The Morgan fingerprint density at radius 2 is 1.93 bits per heavy atom. The van der Waals surface area contributed by atoms with Gasteiger partial charge in [0.25, 0.3) is 0 Å². The van der Waals surface area contributed by atoms with Crippen molar-refractivity contribution < 1.29 is 4.74 Å². The molecule has 0 fully saturated rings. The fourth-order valence-corrected chi connectivity index (χ4v) is 1.16. The summed E-state index contributed by atoms with van der Waals surface area (Å²) in [7, 11) is 3.75. The first-order chi connectivity index (χ1) is 7.20. The molecule has 0 heterocycles. The molecular weight excluding hydrogens is 188 g/mol. The first-order valence-electron chi connectivity index (χ1n) is 5.06. The van der Waals surface area contributed by atoms with Crippen molar-refractivity contribution in [3.63, 3.8) is 0 Å². The highest BCUT2D eigenvalue weighted by atomic mass is 16.5. The zero-order valence-electron chi connectivity index (χ0n) is 9.36. The summed E-state index contributed by atoms with van der Waals surface area (Å²) in [5, 5.41) is 7.57. The third-order valence-electron chi connectivity index (χ3n) is 2.13. The molecule has 0 aliphatic carbocycles. The van der Waals surface area contributed by atoms with Gasteiger partial charge in [-0.25, -0.2) is 0 Å². The van der Waals surface area contributed by atoms with Crippen LogP contribution in [0.15, 0.2) is 30.3 Å². The quantitative estimate of drug-likeness (QED) is 0.455. The predicted molar refractivity (Wildman–Crippen MR) is 62.1 cm³/mol. The number of hydrogen-bond acceptors (Lipinski definition) is 2. The van der Waals surface area contributed by atoms with Crippen LogP contribution in [0.4, 0.5) is 0 Å². The van der Waals surface area contributed by atoms with Gasteiger partial charge in [0, 0.05) is 20.5 Å². The Labute approximate surface area is 91.2 Å². The molecule has 1 aromatic rings. The molecule has 1 rings (SSSR count). The zero-order chi connectivity index (χ0) is 11.1. The summed E-state index contributed by atoms with van der Waals surface area (Å²) in [4.78, 5) is 1.80. The van der Waals surface area contributed by atoms with E-state index in [-0.39, 0.29) is 0 Å². The van der Waals surface area contributed by atoms with E-state index in [2.05, 4.69) is 0 Å². The van der Waals surface area contributed by atoms with Gasteiger partial charge in [-0.2, -0.15) is 0 Å². The third kappa shape index (κ3) is 4.61. The fraction of sp³-hybridized carbons (Fsp3) is 0.417. The van der Waals surface area contributed by atoms with E-state index in [1.165, 1.54) is 5.56 Å². The summed E-state index contributed by atoms with van der Waals surface area (Å²) >= 11 is 0. The van der Waals surface area contributed by atoms with E-state index < -0.39 is 0 Å². The van der Waals surface area contributed by atoms with Gasteiger partial charge in [-0.1, -0.05) is 30.3 Å². The van der Waals surface area contributed by atoms with Crippen molar-refractivity contribution in [3.05, 3.63) is 35.9 Å². The largest absolute Gasteiger partial charge is 0.376 e. The van der Waals surface area contributed by atoms with Crippen molar-refractivity contribution in [2.75, 3.05) is 20.7 Å². The standard InChI is InChI=1S/C12H18N2O/c1-14(2)12(13)8-9-15-10-11-6-4-3-5-7-11/h3-7,13H,8-10H2,1-2H3. The van der Waals surface area contributed by atoms with Gasteiger partial charge in [-0.05, 0) is 5.56 Å². The molecular formula is C12H18N2O. The SMILES string of the molecule is CN(C)C(=N)CCOCc1ccccc1. The van der Waals surface area contributed by atoms with Crippen LogP contribution in [0.3, 0.4) is 0 Å². The number of benzene rings is 1. The lowest BCUT2D eigenvalue weighted by Gasteiger charge is -2.13. The molecule has 0 aromatic heterocycles. The number of ether oxygens (including phenoxy) is 1. The van der Waals surface area contributed by atoms with E-state index in [1.807, 2.05) is 44.4 Å². The lowest BCUT2D eigenvalue weighted by Crippen LogP contribution is -2.22.